The number of carbonyl (C=O) groups excluding carboxylic acids is 3. The van der Waals surface area contributed by atoms with Crippen molar-refractivity contribution in [2.45, 2.75) is 105 Å². The first kappa shape index (κ1) is 36.1. The van der Waals surface area contributed by atoms with Crippen molar-refractivity contribution >= 4 is 23.6 Å². The van der Waals surface area contributed by atoms with E-state index in [-0.39, 0.29) is 18.1 Å². The number of nitrogens with zero attached hydrogens (tertiary/aromatic N) is 1. The number of ether oxygens (including phenoxy) is 1. The second-order valence-corrected chi connectivity index (χ2v) is 13.1. The molecule has 0 saturated heterocycles. The van der Waals surface area contributed by atoms with Crippen LogP contribution in [0.5, 0.6) is 5.75 Å². The fraction of sp³-hybridized carbons (Fsp3) is 0.447. The van der Waals surface area contributed by atoms with Crippen molar-refractivity contribution in [2.24, 2.45) is 0 Å². The summed E-state index contributed by atoms with van der Waals surface area (Å²) in [5, 5.41) is 15.8. The van der Waals surface area contributed by atoms with Crippen LogP contribution in [0.15, 0.2) is 66.7 Å². The standard InChI is InChI=1S/C38H51N3O5/c1-8-9-10-11-12-23-41(36(44)32(39-37(45)46-38(5,6)7)25-29-19-21-31(42)22-20-29)34(30-18-13-15-26(2)24-30)35(43)40-33-27(3)16-14-17-28(33)4/h13-22,24,32,34,42H,8-12,23,25H2,1-7H3,(H,39,45)(H,40,43). The third-order valence-corrected chi connectivity index (χ3v) is 7.80. The number of anilines is 1. The predicted octanol–water partition coefficient (Wildman–Crippen LogP) is 7.93. The maximum absolute atomic E-state index is 14.8. The van der Waals surface area contributed by atoms with Crippen LogP contribution in [-0.2, 0) is 20.7 Å². The molecule has 0 fully saturated rings. The van der Waals surface area contributed by atoms with E-state index in [0.29, 0.717) is 24.2 Å². The third-order valence-electron chi connectivity index (χ3n) is 7.80. The van der Waals surface area contributed by atoms with Gasteiger partial charge in [0.1, 0.15) is 23.4 Å². The van der Waals surface area contributed by atoms with Crippen molar-refractivity contribution < 1.29 is 24.2 Å². The molecular formula is C38H51N3O5. The normalized spacial score (nSPS) is 12.6. The number of aryl methyl sites for hydroxylation is 3. The zero-order valence-electron chi connectivity index (χ0n) is 28.5. The minimum Gasteiger partial charge on any atom is -0.508 e. The molecule has 248 valence electrons. The smallest absolute Gasteiger partial charge is 0.408 e. The van der Waals surface area contributed by atoms with Gasteiger partial charge in [0.05, 0.1) is 0 Å². The largest absolute Gasteiger partial charge is 0.508 e. The highest BCUT2D eigenvalue weighted by Crippen LogP contribution is 2.28. The highest BCUT2D eigenvalue weighted by Gasteiger charge is 2.36. The number of nitrogens with one attached hydrogen (secondary N) is 2. The minimum atomic E-state index is -1.03. The van der Waals surface area contributed by atoms with E-state index in [4.69, 9.17) is 4.74 Å². The average molecular weight is 630 g/mol. The van der Waals surface area contributed by atoms with Crippen molar-refractivity contribution in [2.75, 3.05) is 11.9 Å². The number of rotatable bonds is 14. The fourth-order valence-corrected chi connectivity index (χ4v) is 5.49. The Balaban J connectivity index is 2.10. The number of aromatic hydroxyl groups is 1. The second-order valence-electron chi connectivity index (χ2n) is 13.1. The lowest BCUT2D eigenvalue weighted by molar-refractivity contribution is -0.140. The van der Waals surface area contributed by atoms with Crippen LogP contribution in [0.4, 0.5) is 10.5 Å². The molecule has 3 N–H and O–H groups in total. The van der Waals surface area contributed by atoms with Gasteiger partial charge in [-0.15, -0.1) is 0 Å². The van der Waals surface area contributed by atoms with Crippen molar-refractivity contribution in [1.29, 1.82) is 0 Å². The molecule has 3 aromatic carbocycles. The maximum Gasteiger partial charge on any atom is 0.408 e. The van der Waals surface area contributed by atoms with E-state index in [1.807, 2.05) is 63.2 Å². The van der Waals surface area contributed by atoms with Crippen LogP contribution in [0, 0.1) is 20.8 Å². The van der Waals surface area contributed by atoms with Gasteiger partial charge >= 0.3 is 6.09 Å². The van der Waals surface area contributed by atoms with Crippen molar-refractivity contribution in [3.05, 3.63) is 94.5 Å². The molecule has 2 atom stereocenters. The summed E-state index contributed by atoms with van der Waals surface area (Å²) in [5.74, 6) is -0.619. The quantitative estimate of drug-likeness (QED) is 0.157. The van der Waals surface area contributed by atoms with E-state index in [0.717, 1.165) is 47.9 Å². The Morgan fingerprint density at radius 3 is 2.11 bits per heavy atom. The lowest BCUT2D eigenvalue weighted by atomic mass is 9.98. The Labute approximate surface area is 274 Å². The van der Waals surface area contributed by atoms with Crippen LogP contribution in [0.3, 0.4) is 0 Å². The summed E-state index contributed by atoms with van der Waals surface area (Å²) in [6.45, 7) is 13.6. The zero-order valence-corrected chi connectivity index (χ0v) is 28.5. The molecule has 46 heavy (non-hydrogen) atoms. The fourth-order valence-electron chi connectivity index (χ4n) is 5.49. The van der Waals surface area contributed by atoms with Crippen molar-refractivity contribution in [3.8, 4) is 5.75 Å². The topological polar surface area (TPSA) is 108 Å². The number of carbonyl (C=O) groups is 3. The van der Waals surface area contributed by atoms with Crippen LogP contribution in [0.2, 0.25) is 0 Å². The molecule has 0 radical (unpaired) electrons. The first-order valence-corrected chi connectivity index (χ1v) is 16.3. The van der Waals surface area contributed by atoms with Gasteiger partial charge < -0.3 is 25.4 Å². The van der Waals surface area contributed by atoms with E-state index in [9.17, 15) is 19.5 Å². The molecule has 8 heteroatoms. The van der Waals surface area contributed by atoms with Gasteiger partial charge in [0, 0.05) is 18.7 Å². The number of unbranched alkanes of at least 4 members (excludes halogenated alkanes) is 4. The number of phenols is 1. The van der Waals surface area contributed by atoms with Gasteiger partial charge in [-0.25, -0.2) is 4.79 Å². The Morgan fingerprint density at radius 1 is 0.870 bits per heavy atom. The summed E-state index contributed by atoms with van der Waals surface area (Å²) in [5.41, 5.74) is 4.17. The van der Waals surface area contributed by atoms with Crippen LogP contribution < -0.4 is 10.6 Å². The molecular weight excluding hydrogens is 578 g/mol. The second kappa shape index (κ2) is 16.8. The van der Waals surface area contributed by atoms with E-state index >= 15 is 0 Å². The maximum atomic E-state index is 14.8. The number of hydrogen-bond acceptors (Lipinski definition) is 5. The summed E-state index contributed by atoms with van der Waals surface area (Å²) in [7, 11) is 0. The SMILES string of the molecule is CCCCCCCN(C(=O)C(Cc1ccc(O)cc1)NC(=O)OC(C)(C)C)C(C(=O)Nc1c(C)cccc1C)c1cccc(C)c1. The number of phenolic OH excluding ortho intramolecular Hbond substituents is 1. The van der Waals surface area contributed by atoms with Crippen LogP contribution in [-0.4, -0.2) is 46.1 Å². The molecule has 0 aromatic heterocycles. The lowest BCUT2D eigenvalue weighted by Crippen LogP contribution is -2.53. The van der Waals surface area contributed by atoms with Gasteiger partial charge in [-0.05, 0) is 82.3 Å². The van der Waals surface area contributed by atoms with Gasteiger partial charge in [-0.1, -0.05) is 92.8 Å². The van der Waals surface area contributed by atoms with Gasteiger partial charge in [0.15, 0.2) is 0 Å². The van der Waals surface area contributed by atoms with E-state index in [2.05, 4.69) is 17.6 Å². The van der Waals surface area contributed by atoms with Crippen LogP contribution in [0.1, 0.15) is 93.7 Å². The third kappa shape index (κ3) is 10.9. The molecule has 0 aliphatic rings. The zero-order chi connectivity index (χ0) is 33.9. The summed E-state index contributed by atoms with van der Waals surface area (Å²) in [4.78, 5) is 43.8. The van der Waals surface area contributed by atoms with Crippen LogP contribution >= 0.6 is 0 Å². The highest BCUT2D eigenvalue weighted by atomic mass is 16.6. The van der Waals surface area contributed by atoms with E-state index < -0.39 is 29.7 Å². The molecule has 0 heterocycles. The minimum absolute atomic E-state index is 0.100. The summed E-state index contributed by atoms with van der Waals surface area (Å²) >= 11 is 0. The first-order chi connectivity index (χ1) is 21.8. The molecule has 8 nitrogen and oxygen atoms in total. The summed E-state index contributed by atoms with van der Waals surface area (Å²) < 4.78 is 5.55. The predicted molar refractivity (Wildman–Crippen MR) is 184 cm³/mol. The average Bonchev–Trinajstić information content (AvgIpc) is 2.98. The van der Waals surface area contributed by atoms with Gasteiger partial charge in [0.25, 0.3) is 5.91 Å². The molecule has 0 aliphatic heterocycles. The number of benzene rings is 3. The molecule has 3 aromatic rings. The van der Waals surface area contributed by atoms with Crippen molar-refractivity contribution in [1.82, 2.24) is 10.2 Å². The molecule has 3 amide bonds. The Kier molecular flexibility index (Phi) is 13.2. The van der Waals surface area contributed by atoms with E-state index in [1.165, 1.54) is 0 Å². The Bertz CT molecular complexity index is 1440. The molecule has 3 rings (SSSR count). The molecule has 0 aliphatic carbocycles. The highest BCUT2D eigenvalue weighted by molar-refractivity contribution is 6.00. The number of amides is 3. The molecule has 2 unspecified atom stereocenters. The summed E-state index contributed by atoms with van der Waals surface area (Å²) in [6.07, 6.45) is 4.22. The molecule has 0 spiro atoms. The van der Waals surface area contributed by atoms with E-state index in [1.54, 1.807) is 49.9 Å². The monoisotopic (exact) mass is 629 g/mol. The first-order valence-electron chi connectivity index (χ1n) is 16.3. The van der Waals surface area contributed by atoms with Gasteiger partial charge in [-0.2, -0.15) is 0 Å². The number of hydrogen-bond donors (Lipinski definition) is 3. The van der Waals surface area contributed by atoms with Crippen molar-refractivity contribution in [3.63, 3.8) is 0 Å². The Hall–Kier alpha value is -4.33. The van der Waals surface area contributed by atoms with Gasteiger partial charge in [0.2, 0.25) is 5.91 Å². The lowest BCUT2D eigenvalue weighted by Gasteiger charge is -2.35. The van der Waals surface area contributed by atoms with Gasteiger partial charge in [-0.3, -0.25) is 9.59 Å². The number of alkyl carbamates (subject to hydrolysis) is 1. The Morgan fingerprint density at radius 2 is 1.50 bits per heavy atom. The molecule has 0 saturated carbocycles. The molecule has 0 bridgehead atoms. The van der Waals surface area contributed by atoms with Crippen LogP contribution in [0.25, 0.3) is 0 Å². The summed E-state index contributed by atoms with van der Waals surface area (Å²) in [6, 6.07) is 18.0. The number of para-hydroxylation sites is 1.